The maximum absolute atomic E-state index is 12.2. The smallest absolute Gasteiger partial charge is 0.384 e. The number of benzene rings is 2. The van der Waals surface area contributed by atoms with Crippen molar-refractivity contribution < 1.29 is 14.0 Å². The normalized spacial score (nSPS) is 13.8. The first-order valence-electron chi connectivity index (χ1n) is 12.6. The number of esters is 1. The molecule has 0 spiro atoms. The van der Waals surface area contributed by atoms with Gasteiger partial charge in [-0.05, 0) is 42.1 Å². The number of carbonyl (C=O) groups excluding carboxylic acids is 1. The summed E-state index contributed by atoms with van der Waals surface area (Å²) in [6.45, 7) is 19.2. The van der Waals surface area contributed by atoms with Crippen LogP contribution in [0.15, 0.2) is 60.7 Å². The van der Waals surface area contributed by atoms with Crippen molar-refractivity contribution in [3.05, 3.63) is 71.8 Å². The highest BCUT2D eigenvalue weighted by atomic mass is 28.4. The predicted molar refractivity (Wildman–Crippen MR) is 147 cm³/mol. The minimum Gasteiger partial charge on any atom is -0.456 e. The molecule has 0 heterocycles. The van der Waals surface area contributed by atoms with Gasteiger partial charge >= 0.3 is 5.97 Å². The molecule has 2 rings (SSSR count). The summed E-state index contributed by atoms with van der Waals surface area (Å²) >= 11 is 0. The van der Waals surface area contributed by atoms with Crippen LogP contribution in [0.25, 0.3) is 0 Å². The van der Waals surface area contributed by atoms with Crippen molar-refractivity contribution in [3.8, 4) is 11.8 Å². The molecule has 0 aliphatic heterocycles. The average molecular weight is 494 g/mol. The molecule has 0 bridgehead atoms. The van der Waals surface area contributed by atoms with Crippen LogP contribution in [0.1, 0.15) is 52.7 Å². The molecular weight excluding hydrogens is 450 g/mol. The Morgan fingerprint density at radius 3 is 1.83 bits per heavy atom. The Bertz CT molecular complexity index is 930. The fraction of sp³-hybridized carbons (Fsp3) is 0.500. The van der Waals surface area contributed by atoms with Crippen LogP contribution >= 0.6 is 0 Å². The molecule has 0 aliphatic carbocycles. The van der Waals surface area contributed by atoms with Crippen molar-refractivity contribution in [2.45, 2.75) is 84.9 Å². The summed E-state index contributed by atoms with van der Waals surface area (Å²) in [6.07, 6.45) is -0.423. The van der Waals surface area contributed by atoms with E-state index in [1.165, 1.54) is 11.1 Å². The molecule has 0 N–H and O–H groups in total. The number of ether oxygens (including phenoxy) is 1. The third kappa shape index (κ3) is 8.96. The van der Waals surface area contributed by atoms with Gasteiger partial charge in [0.2, 0.25) is 0 Å². The number of hydrogen-bond acceptors (Lipinski definition) is 4. The first-order chi connectivity index (χ1) is 16.4. The van der Waals surface area contributed by atoms with Crippen LogP contribution in [0.3, 0.4) is 0 Å². The molecule has 2 aromatic rings. The highest BCUT2D eigenvalue weighted by Gasteiger charge is 2.42. The van der Waals surface area contributed by atoms with Gasteiger partial charge in [0.15, 0.2) is 8.32 Å². The van der Waals surface area contributed by atoms with Gasteiger partial charge < -0.3 is 9.16 Å². The number of carbonyl (C=O) groups is 1. The highest BCUT2D eigenvalue weighted by Crippen LogP contribution is 2.38. The van der Waals surface area contributed by atoms with Gasteiger partial charge in [-0.2, -0.15) is 0 Å². The molecule has 35 heavy (non-hydrogen) atoms. The maximum Gasteiger partial charge on any atom is 0.384 e. The predicted octanol–water partition coefficient (Wildman–Crippen LogP) is 6.67. The Kier molecular flexibility index (Phi) is 10.8. The largest absolute Gasteiger partial charge is 0.456 e. The second-order valence-electron chi connectivity index (χ2n) is 10.9. The summed E-state index contributed by atoms with van der Waals surface area (Å²) in [7, 11) is -2.18. The summed E-state index contributed by atoms with van der Waals surface area (Å²) in [5, 5.41) is 0.0159. The topological polar surface area (TPSA) is 38.8 Å². The van der Waals surface area contributed by atoms with E-state index in [0.29, 0.717) is 6.61 Å². The second-order valence-corrected chi connectivity index (χ2v) is 15.7. The van der Waals surface area contributed by atoms with Crippen molar-refractivity contribution in [2.75, 3.05) is 6.61 Å². The van der Waals surface area contributed by atoms with Gasteiger partial charge in [0, 0.05) is 25.1 Å². The standard InChI is InChI=1S/C30H43NO3Si/c1-9-33-28(32)21-20-27(34-35(7,8)30(4,5)6)29(24(2)3)31(22-25-16-12-10-13-17-25)23-26-18-14-11-15-19-26/h10-19,24,27,29H,9,22-23H2,1-8H3/t27-,29-/m0/s1. The van der Waals surface area contributed by atoms with E-state index in [1.807, 2.05) is 12.1 Å². The van der Waals surface area contributed by atoms with Crippen LogP contribution < -0.4 is 0 Å². The van der Waals surface area contributed by atoms with Crippen molar-refractivity contribution in [1.82, 2.24) is 4.90 Å². The van der Waals surface area contributed by atoms with Gasteiger partial charge in [-0.15, -0.1) is 0 Å². The second kappa shape index (κ2) is 13.1. The molecule has 0 radical (unpaired) electrons. The third-order valence-corrected chi connectivity index (χ3v) is 11.1. The van der Waals surface area contributed by atoms with E-state index >= 15 is 0 Å². The van der Waals surface area contributed by atoms with Gasteiger partial charge in [0.05, 0.1) is 6.61 Å². The van der Waals surface area contributed by atoms with Crippen molar-refractivity contribution >= 4 is 14.3 Å². The summed E-state index contributed by atoms with van der Waals surface area (Å²) in [5.41, 5.74) is 2.47. The van der Waals surface area contributed by atoms with E-state index in [1.54, 1.807) is 6.92 Å². The quantitative estimate of drug-likeness (QED) is 0.160. The van der Waals surface area contributed by atoms with Crippen LogP contribution in [0, 0.1) is 17.8 Å². The van der Waals surface area contributed by atoms with Crippen LogP contribution in [0.2, 0.25) is 18.1 Å². The van der Waals surface area contributed by atoms with Gasteiger partial charge in [-0.25, -0.2) is 4.79 Å². The zero-order valence-corrected chi connectivity index (χ0v) is 23.8. The zero-order chi connectivity index (χ0) is 26.1. The number of hydrogen-bond donors (Lipinski definition) is 0. The van der Waals surface area contributed by atoms with Gasteiger partial charge in [-0.3, -0.25) is 4.90 Å². The molecule has 0 aromatic heterocycles. The lowest BCUT2D eigenvalue weighted by atomic mass is 9.95. The molecule has 0 aliphatic rings. The lowest BCUT2D eigenvalue weighted by Gasteiger charge is -2.44. The molecular formula is C30H43NO3Si. The maximum atomic E-state index is 12.2. The first kappa shape index (κ1) is 28.8. The van der Waals surface area contributed by atoms with E-state index in [2.05, 4.69) is 113 Å². The molecule has 0 fully saturated rings. The minimum absolute atomic E-state index is 0.0159. The van der Waals surface area contributed by atoms with Gasteiger partial charge in [0.1, 0.15) is 6.10 Å². The monoisotopic (exact) mass is 493 g/mol. The van der Waals surface area contributed by atoms with Crippen LogP contribution in [0.4, 0.5) is 0 Å². The molecule has 0 unspecified atom stereocenters. The fourth-order valence-electron chi connectivity index (χ4n) is 3.84. The molecule has 4 nitrogen and oxygen atoms in total. The Morgan fingerprint density at radius 2 is 1.43 bits per heavy atom. The Balaban J connectivity index is 2.54. The zero-order valence-electron chi connectivity index (χ0n) is 22.8. The van der Waals surface area contributed by atoms with Crippen molar-refractivity contribution in [2.24, 2.45) is 5.92 Å². The lowest BCUT2D eigenvalue weighted by Crippen LogP contribution is -2.53. The Hall–Kier alpha value is -2.39. The van der Waals surface area contributed by atoms with E-state index in [-0.39, 0.29) is 17.0 Å². The van der Waals surface area contributed by atoms with Crippen molar-refractivity contribution in [1.29, 1.82) is 0 Å². The molecule has 2 aromatic carbocycles. The summed E-state index contributed by atoms with van der Waals surface area (Å²) in [5.74, 6) is 5.69. The molecule has 190 valence electrons. The Morgan fingerprint density at radius 1 is 0.943 bits per heavy atom. The van der Waals surface area contributed by atoms with Gasteiger partial charge in [-0.1, -0.05) is 101 Å². The first-order valence-corrected chi connectivity index (χ1v) is 15.5. The summed E-state index contributed by atoms with van der Waals surface area (Å²) in [6, 6.07) is 21.0. The van der Waals surface area contributed by atoms with Crippen LogP contribution in [-0.2, 0) is 27.0 Å². The Labute approximate surface area is 214 Å². The minimum atomic E-state index is -2.18. The summed E-state index contributed by atoms with van der Waals surface area (Å²) in [4.78, 5) is 14.7. The third-order valence-electron chi connectivity index (χ3n) is 6.69. The van der Waals surface area contributed by atoms with E-state index in [4.69, 9.17) is 9.16 Å². The SMILES string of the molecule is CCOC(=O)C#C[C@H](O[Si](C)(C)C(C)(C)C)[C@H](C(C)C)N(Cc1ccccc1)Cc1ccccc1. The molecule has 0 saturated carbocycles. The van der Waals surface area contributed by atoms with Crippen LogP contribution in [0.5, 0.6) is 0 Å². The molecule has 5 heteroatoms. The number of nitrogens with zero attached hydrogens (tertiary/aromatic N) is 1. The van der Waals surface area contributed by atoms with E-state index < -0.39 is 20.4 Å². The van der Waals surface area contributed by atoms with Crippen LogP contribution in [-0.4, -0.2) is 37.9 Å². The average Bonchev–Trinajstić information content (AvgIpc) is 2.78. The van der Waals surface area contributed by atoms with E-state index in [9.17, 15) is 4.79 Å². The molecule has 2 atom stereocenters. The lowest BCUT2D eigenvalue weighted by molar-refractivity contribution is -0.136. The summed E-state index contributed by atoms with van der Waals surface area (Å²) < 4.78 is 12.0. The van der Waals surface area contributed by atoms with Gasteiger partial charge in [0.25, 0.3) is 0 Å². The highest BCUT2D eigenvalue weighted by molar-refractivity contribution is 6.74. The molecule has 0 amide bonds. The fourth-order valence-corrected chi connectivity index (χ4v) is 5.03. The number of rotatable bonds is 10. The van der Waals surface area contributed by atoms with E-state index in [0.717, 1.165) is 13.1 Å². The molecule has 0 saturated heterocycles. The van der Waals surface area contributed by atoms with Crippen molar-refractivity contribution in [3.63, 3.8) is 0 Å².